The van der Waals surface area contributed by atoms with Crippen molar-refractivity contribution in [2.24, 2.45) is 17.3 Å². The smallest absolute Gasteiger partial charge is 0.156 e. The maximum absolute atomic E-state index is 12.2. The lowest BCUT2D eigenvalue weighted by molar-refractivity contribution is -0.114. The Morgan fingerprint density at radius 1 is 1.12 bits per heavy atom. The van der Waals surface area contributed by atoms with Gasteiger partial charge in [-0.25, -0.2) is 0 Å². The first kappa shape index (κ1) is 21.5. The minimum absolute atomic E-state index is 0.0538. The third-order valence-corrected chi connectivity index (χ3v) is 9.25. The van der Waals surface area contributed by atoms with Crippen LogP contribution in [0.15, 0.2) is 47.1 Å². The number of hydrogen-bond acceptors (Lipinski definition) is 3. The number of rotatable bonds is 3. The van der Waals surface area contributed by atoms with E-state index in [1.54, 1.807) is 12.7 Å². The maximum atomic E-state index is 12.2. The van der Waals surface area contributed by atoms with Gasteiger partial charge in [0.2, 0.25) is 0 Å². The summed E-state index contributed by atoms with van der Waals surface area (Å²) in [5.74, 6) is 4.80. The van der Waals surface area contributed by atoms with Crippen LogP contribution in [0.5, 0.6) is 0 Å². The average Bonchev–Trinajstić information content (AvgIpc) is 3.10. The topological polar surface area (TPSA) is 29.5 Å². The molecule has 0 saturated heterocycles. The summed E-state index contributed by atoms with van der Waals surface area (Å²) < 4.78 is 6.14. The van der Waals surface area contributed by atoms with Crippen LogP contribution in [-0.4, -0.2) is 32.6 Å². The molecule has 0 unspecified atom stereocenters. The molecule has 4 aliphatic carbocycles. The van der Waals surface area contributed by atoms with E-state index in [4.69, 9.17) is 11.2 Å². The fraction of sp³-hybridized carbons (Fsp3) is 0.552. The van der Waals surface area contributed by atoms with Gasteiger partial charge in [-0.05, 0) is 85.3 Å². The monoisotopic (exact) mass is 429 g/mol. The van der Waals surface area contributed by atoms with Crippen LogP contribution in [0.1, 0.15) is 63.4 Å². The maximum Gasteiger partial charge on any atom is 0.156 e. The summed E-state index contributed by atoms with van der Waals surface area (Å²) in [4.78, 5) is 14.3. The van der Waals surface area contributed by atoms with Gasteiger partial charge >= 0.3 is 0 Å². The molecule has 4 aliphatic rings. The first-order valence-electron chi connectivity index (χ1n) is 12.1. The highest BCUT2D eigenvalue weighted by Gasteiger charge is 2.63. The van der Waals surface area contributed by atoms with Gasteiger partial charge in [0, 0.05) is 44.6 Å². The van der Waals surface area contributed by atoms with Crippen molar-refractivity contribution in [1.29, 1.82) is 0 Å². The summed E-state index contributed by atoms with van der Waals surface area (Å²) >= 11 is 0. The summed E-state index contributed by atoms with van der Waals surface area (Å²) in [6.45, 7) is 2.40. The van der Waals surface area contributed by atoms with Gasteiger partial charge in [-0.3, -0.25) is 4.79 Å². The summed E-state index contributed by atoms with van der Waals surface area (Å²) in [6.07, 6.45) is 14.9. The summed E-state index contributed by atoms with van der Waals surface area (Å²) in [5, 5.41) is 0. The van der Waals surface area contributed by atoms with E-state index < -0.39 is 5.60 Å². The molecule has 3 nitrogen and oxygen atoms in total. The number of ketones is 1. The number of ether oxygens (including phenoxy) is 1. The SMILES string of the molecule is C#C[C@]1(OC)CC[C@H]2[C@@H]3CCC4=CC(=O)CCC4=C3[C@@H](c3ccc(N(C)C)cc3)C[C@@]21C. The van der Waals surface area contributed by atoms with E-state index in [0.717, 1.165) is 38.5 Å². The Labute approximate surface area is 192 Å². The molecular formula is C29H35NO2. The van der Waals surface area contributed by atoms with E-state index >= 15 is 0 Å². The minimum atomic E-state index is -0.492. The Balaban J connectivity index is 1.67. The molecule has 0 aliphatic heterocycles. The quantitative estimate of drug-likeness (QED) is 0.580. The van der Waals surface area contributed by atoms with Crippen molar-refractivity contribution >= 4 is 11.5 Å². The van der Waals surface area contributed by atoms with E-state index in [9.17, 15) is 4.79 Å². The van der Waals surface area contributed by atoms with Crippen LogP contribution in [0.25, 0.3) is 0 Å². The zero-order valence-electron chi connectivity index (χ0n) is 19.9. The van der Waals surface area contributed by atoms with E-state index in [1.807, 2.05) is 6.08 Å². The molecule has 5 atom stereocenters. The van der Waals surface area contributed by atoms with Gasteiger partial charge in [-0.1, -0.05) is 30.6 Å². The predicted molar refractivity (Wildman–Crippen MR) is 130 cm³/mol. The van der Waals surface area contributed by atoms with Gasteiger partial charge in [0.1, 0.15) is 5.60 Å². The first-order valence-corrected chi connectivity index (χ1v) is 12.1. The van der Waals surface area contributed by atoms with Gasteiger partial charge in [0.15, 0.2) is 5.78 Å². The molecule has 0 amide bonds. The zero-order valence-corrected chi connectivity index (χ0v) is 19.9. The lowest BCUT2D eigenvalue weighted by atomic mass is 9.51. The summed E-state index contributed by atoms with van der Waals surface area (Å²) in [7, 11) is 5.96. The number of hydrogen-bond donors (Lipinski definition) is 0. The fourth-order valence-electron chi connectivity index (χ4n) is 7.58. The van der Waals surface area contributed by atoms with Gasteiger partial charge in [0.25, 0.3) is 0 Å². The van der Waals surface area contributed by atoms with Crippen molar-refractivity contribution in [3.63, 3.8) is 0 Å². The first-order chi connectivity index (χ1) is 15.3. The Kier molecular flexibility index (Phi) is 5.13. The second-order valence-corrected chi connectivity index (χ2v) is 10.7. The van der Waals surface area contributed by atoms with Crippen LogP contribution in [0.4, 0.5) is 5.69 Å². The van der Waals surface area contributed by atoms with Crippen molar-refractivity contribution in [1.82, 2.24) is 0 Å². The second-order valence-electron chi connectivity index (χ2n) is 10.7. The van der Waals surface area contributed by atoms with Gasteiger partial charge in [-0.2, -0.15) is 0 Å². The van der Waals surface area contributed by atoms with E-state index in [1.165, 1.54) is 22.4 Å². The molecule has 0 aromatic heterocycles. The second kappa shape index (κ2) is 7.63. The molecule has 32 heavy (non-hydrogen) atoms. The lowest BCUT2D eigenvalue weighted by Crippen LogP contribution is -2.51. The molecule has 1 aromatic carbocycles. The molecule has 1 aromatic rings. The largest absolute Gasteiger partial charge is 0.378 e. The van der Waals surface area contributed by atoms with E-state index in [0.29, 0.717) is 30.0 Å². The number of fused-ring (bicyclic) bond motifs is 4. The fourth-order valence-corrected chi connectivity index (χ4v) is 7.58. The number of nitrogens with zero attached hydrogens (tertiary/aromatic N) is 1. The van der Waals surface area contributed by atoms with Crippen LogP contribution in [0.3, 0.4) is 0 Å². The van der Waals surface area contributed by atoms with Crippen molar-refractivity contribution in [3.05, 3.63) is 52.6 Å². The molecule has 0 heterocycles. The number of carbonyl (C=O) groups excluding carboxylic acids is 1. The predicted octanol–water partition coefficient (Wildman–Crippen LogP) is 5.67. The van der Waals surface area contributed by atoms with Crippen molar-refractivity contribution in [3.8, 4) is 12.3 Å². The molecule has 0 bridgehead atoms. The minimum Gasteiger partial charge on any atom is -0.378 e. The van der Waals surface area contributed by atoms with Crippen molar-refractivity contribution < 1.29 is 9.53 Å². The number of terminal acetylenes is 1. The Morgan fingerprint density at radius 3 is 2.53 bits per heavy atom. The highest BCUT2D eigenvalue weighted by Crippen LogP contribution is 2.67. The van der Waals surface area contributed by atoms with Gasteiger partial charge < -0.3 is 9.64 Å². The third-order valence-electron chi connectivity index (χ3n) is 9.25. The van der Waals surface area contributed by atoms with Crippen LogP contribution in [-0.2, 0) is 9.53 Å². The Morgan fingerprint density at radius 2 is 1.88 bits per heavy atom. The number of anilines is 1. The zero-order chi connectivity index (χ0) is 22.7. The highest BCUT2D eigenvalue weighted by molar-refractivity contribution is 5.93. The normalized spacial score (nSPS) is 36.0. The molecule has 2 saturated carbocycles. The van der Waals surface area contributed by atoms with Gasteiger partial charge in [0.05, 0.1) is 0 Å². The highest BCUT2D eigenvalue weighted by atomic mass is 16.5. The van der Waals surface area contributed by atoms with Crippen LogP contribution in [0.2, 0.25) is 0 Å². The third kappa shape index (κ3) is 2.96. The number of benzene rings is 1. The van der Waals surface area contributed by atoms with E-state index in [2.05, 4.69) is 56.1 Å². The number of carbonyl (C=O) groups is 1. The standard InChI is InChI=1S/C29H35NO2/c1-6-29(32-5)16-15-26-24-13-9-20-17-22(31)12-14-23(20)27(24)25(18-28(26,29)2)19-7-10-21(11-8-19)30(3)4/h1,7-8,10-11,17,24-26H,9,12-16,18H2,2-5H3/t24-,25+,26-,28-,29-/m0/s1. The van der Waals surface area contributed by atoms with E-state index in [-0.39, 0.29) is 5.41 Å². The van der Waals surface area contributed by atoms with Crippen molar-refractivity contribution in [2.45, 2.75) is 63.4 Å². The number of allylic oxidation sites excluding steroid dienone is 4. The Bertz CT molecular complexity index is 1040. The van der Waals surface area contributed by atoms with Gasteiger partial charge in [-0.15, -0.1) is 6.42 Å². The molecule has 0 N–H and O–H groups in total. The molecule has 2 fully saturated rings. The molecule has 5 rings (SSSR count). The Hall–Kier alpha value is -2.31. The van der Waals surface area contributed by atoms with Crippen LogP contribution >= 0.6 is 0 Å². The molecule has 168 valence electrons. The number of methoxy groups -OCH3 is 1. The summed E-state index contributed by atoms with van der Waals surface area (Å²) in [5.41, 5.74) is 6.44. The molecule has 3 heteroatoms. The molecule has 0 radical (unpaired) electrons. The lowest BCUT2D eigenvalue weighted by Gasteiger charge is -2.54. The molecule has 0 spiro atoms. The summed E-state index contributed by atoms with van der Waals surface area (Å²) in [6, 6.07) is 9.07. The van der Waals surface area contributed by atoms with Crippen LogP contribution < -0.4 is 4.90 Å². The molecular weight excluding hydrogens is 394 g/mol. The van der Waals surface area contributed by atoms with Crippen LogP contribution in [0, 0.1) is 29.6 Å². The average molecular weight is 430 g/mol. The van der Waals surface area contributed by atoms with Crippen molar-refractivity contribution in [2.75, 3.05) is 26.1 Å².